The molecular formula is C45H44F2N2. The van der Waals surface area contributed by atoms with Gasteiger partial charge in [0.05, 0.1) is 0 Å². The van der Waals surface area contributed by atoms with Crippen molar-refractivity contribution in [1.82, 2.24) is 9.97 Å². The number of unbranched alkanes of at least 4 members (excludes halogenated alkanes) is 1. The van der Waals surface area contributed by atoms with Crippen LogP contribution in [0.2, 0.25) is 0 Å². The predicted molar refractivity (Wildman–Crippen MR) is 198 cm³/mol. The van der Waals surface area contributed by atoms with Gasteiger partial charge in [-0.25, -0.2) is 9.97 Å². The molecule has 0 radical (unpaired) electrons. The number of pyridine rings is 2. The van der Waals surface area contributed by atoms with Crippen molar-refractivity contribution in [1.29, 1.82) is 0 Å². The van der Waals surface area contributed by atoms with Crippen LogP contribution < -0.4 is 0 Å². The van der Waals surface area contributed by atoms with Crippen LogP contribution in [0.1, 0.15) is 79.3 Å². The van der Waals surface area contributed by atoms with Crippen molar-refractivity contribution in [2.24, 2.45) is 0 Å². The van der Waals surface area contributed by atoms with Crippen molar-refractivity contribution in [2.45, 2.75) is 70.6 Å². The van der Waals surface area contributed by atoms with E-state index in [9.17, 15) is 8.78 Å². The van der Waals surface area contributed by atoms with E-state index in [1.807, 2.05) is 6.07 Å². The molecule has 2 heterocycles. The lowest BCUT2D eigenvalue weighted by atomic mass is 9.63. The second-order valence-corrected chi connectivity index (χ2v) is 13.3. The van der Waals surface area contributed by atoms with Gasteiger partial charge in [-0.2, -0.15) is 8.78 Å². The number of nitrogens with zero attached hydrogens (tertiary/aromatic N) is 2. The van der Waals surface area contributed by atoms with E-state index in [0.29, 0.717) is 6.42 Å². The van der Waals surface area contributed by atoms with E-state index in [1.54, 1.807) is 18.5 Å². The Hall–Kier alpha value is -4.96. The van der Waals surface area contributed by atoms with Crippen LogP contribution in [0.15, 0.2) is 134 Å². The number of aromatic nitrogens is 2. The van der Waals surface area contributed by atoms with Gasteiger partial charge in [0.25, 0.3) is 0 Å². The van der Waals surface area contributed by atoms with E-state index in [4.69, 9.17) is 0 Å². The van der Waals surface area contributed by atoms with Crippen molar-refractivity contribution in [3.8, 4) is 22.3 Å². The second-order valence-electron chi connectivity index (χ2n) is 13.3. The molecule has 0 aliphatic rings. The molecule has 4 aromatic carbocycles. The molecule has 4 heteroatoms. The number of hydrogen-bond acceptors (Lipinski definition) is 2. The number of benzene rings is 4. The van der Waals surface area contributed by atoms with E-state index in [-0.39, 0.29) is 5.92 Å². The van der Waals surface area contributed by atoms with Gasteiger partial charge in [0, 0.05) is 23.7 Å². The normalized spacial score (nSPS) is 13.2. The summed E-state index contributed by atoms with van der Waals surface area (Å²) in [4.78, 5) is 8.08. The van der Waals surface area contributed by atoms with Gasteiger partial charge in [0.1, 0.15) is 0 Å². The van der Waals surface area contributed by atoms with E-state index >= 15 is 0 Å². The third kappa shape index (κ3) is 7.86. The van der Waals surface area contributed by atoms with Crippen LogP contribution in [0.25, 0.3) is 22.3 Å². The molecule has 0 saturated heterocycles. The van der Waals surface area contributed by atoms with Gasteiger partial charge in [-0.1, -0.05) is 143 Å². The van der Waals surface area contributed by atoms with Crippen molar-refractivity contribution >= 4 is 0 Å². The smallest absolute Gasteiger partial charge is 0.212 e. The van der Waals surface area contributed by atoms with Gasteiger partial charge in [-0.05, 0) is 93.5 Å². The lowest BCUT2D eigenvalue weighted by Gasteiger charge is -2.39. The van der Waals surface area contributed by atoms with E-state index in [2.05, 4.69) is 128 Å². The molecule has 0 bridgehead atoms. The molecule has 0 spiro atoms. The Bertz CT molecular complexity index is 1910. The molecule has 0 aliphatic heterocycles. The van der Waals surface area contributed by atoms with Crippen LogP contribution in [0, 0.1) is 11.9 Å². The number of hydrogen-bond donors (Lipinski definition) is 0. The van der Waals surface area contributed by atoms with Gasteiger partial charge >= 0.3 is 0 Å². The summed E-state index contributed by atoms with van der Waals surface area (Å²) in [7, 11) is 0. The highest BCUT2D eigenvalue weighted by Crippen LogP contribution is 2.47. The first-order valence-corrected chi connectivity index (χ1v) is 17.5. The lowest BCUT2D eigenvalue weighted by molar-refractivity contribution is 0.437. The summed E-state index contributed by atoms with van der Waals surface area (Å²) in [6, 6.07) is 41.6. The van der Waals surface area contributed by atoms with Crippen molar-refractivity contribution in [3.05, 3.63) is 179 Å². The quantitative estimate of drug-likeness (QED) is 0.116. The standard InChI is InChI=1S/C45H44F2N2/c1-4-6-8-33-11-16-36(17-12-33)38-22-24-40(25-23-38)45(3,41-26-28-44(47)49-31-41)42(29-34-13-27-43(46)48-30-34)39-20-18-37(19-21-39)35-14-9-32(7-5-2)10-15-35/h9-28,30-31,42H,4-8,29H2,1-3H3. The van der Waals surface area contributed by atoms with Crippen LogP contribution in [0.3, 0.4) is 0 Å². The summed E-state index contributed by atoms with van der Waals surface area (Å²) >= 11 is 0. The summed E-state index contributed by atoms with van der Waals surface area (Å²) in [5, 5.41) is 0. The van der Waals surface area contributed by atoms with Gasteiger partial charge < -0.3 is 0 Å². The highest BCUT2D eigenvalue weighted by Gasteiger charge is 2.39. The Labute approximate surface area is 290 Å². The van der Waals surface area contributed by atoms with Gasteiger partial charge in [0.15, 0.2) is 0 Å². The zero-order valence-corrected chi connectivity index (χ0v) is 28.7. The Morgan fingerprint density at radius 3 is 1.47 bits per heavy atom. The maximum atomic E-state index is 14.2. The van der Waals surface area contributed by atoms with Crippen molar-refractivity contribution in [2.75, 3.05) is 0 Å². The largest absolute Gasteiger partial charge is 0.228 e. The monoisotopic (exact) mass is 650 g/mol. The molecule has 248 valence electrons. The molecule has 0 aliphatic carbocycles. The van der Waals surface area contributed by atoms with Crippen LogP contribution in [-0.2, 0) is 24.7 Å². The minimum Gasteiger partial charge on any atom is -0.228 e. The Morgan fingerprint density at radius 2 is 0.980 bits per heavy atom. The molecule has 2 nitrogen and oxygen atoms in total. The highest BCUT2D eigenvalue weighted by molar-refractivity contribution is 5.66. The molecule has 2 aromatic heterocycles. The molecule has 0 saturated carbocycles. The van der Waals surface area contributed by atoms with Gasteiger partial charge in [0.2, 0.25) is 11.9 Å². The fourth-order valence-corrected chi connectivity index (χ4v) is 6.98. The first kappa shape index (κ1) is 33.9. The molecule has 2 unspecified atom stereocenters. The Morgan fingerprint density at radius 1 is 0.510 bits per heavy atom. The van der Waals surface area contributed by atoms with Crippen LogP contribution in [0.5, 0.6) is 0 Å². The van der Waals surface area contributed by atoms with E-state index in [0.717, 1.165) is 52.6 Å². The highest BCUT2D eigenvalue weighted by atomic mass is 19.1. The van der Waals surface area contributed by atoms with Crippen molar-refractivity contribution < 1.29 is 8.78 Å². The molecule has 0 amide bonds. The first-order valence-electron chi connectivity index (χ1n) is 17.5. The molecule has 0 fully saturated rings. The number of rotatable bonds is 13. The molecule has 49 heavy (non-hydrogen) atoms. The SMILES string of the molecule is CCCCc1ccc(-c2ccc(C(C)(c3ccc(F)nc3)C(Cc3ccc(F)nc3)c3ccc(-c4ccc(CCC)cc4)cc3)cc2)cc1. The van der Waals surface area contributed by atoms with Gasteiger partial charge in [-0.15, -0.1) is 0 Å². The molecular weight excluding hydrogens is 607 g/mol. The average molecular weight is 651 g/mol. The van der Waals surface area contributed by atoms with Gasteiger partial charge in [-0.3, -0.25) is 0 Å². The van der Waals surface area contributed by atoms with Crippen molar-refractivity contribution in [3.63, 3.8) is 0 Å². The molecule has 2 atom stereocenters. The third-order valence-corrected chi connectivity index (χ3v) is 9.98. The minimum atomic E-state index is -0.624. The first-order chi connectivity index (χ1) is 23.9. The van der Waals surface area contributed by atoms with Crippen LogP contribution in [-0.4, -0.2) is 9.97 Å². The summed E-state index contributed by atoms with van der Waals surface area (Å²) in [6.45, 7) is 6.62. The number of halogens is 2. The zero-order chi connectivity index (χ0) is 34.2. The fourth-order valence-electron chi connectivity index (χ4n) is 6.98. The third-order valence-electron chi connectivity index (χ3n) is 9.98. The number of aryl methyl sites for hydroxylation is 2. The fraction of sp³-hybridized carbons (Fsp3) is 0.244. The molecule has 6 rings (SSSR count). The van der Waals surface area contributed by atoms with E-state index in [1.165, 1.54) is 47.2 Å². The van der Waals surface area contributed by atoms with E-state index < -0.39 is 17.3 Å². The lowest BCUT2D eigenvalue weighted by Crippen LogP contribution is -2.33. The van der Waals surface area contributed by atoms with Crippen LogP contribution >= 0.6 is 0 Å². The zero-order valence-electron chi connectivity index (χ0n) is 28.7. The predicted octanol–water partition coefficient (Wildman–Crippen LogP) is 11.7. The minimum absolute atomic E-state index is 0.114. The Kier molecular flexibility index (Phi) is 10.7. The average Bonchev–Trinajstić information content (AvgIpc) is 3.14. The topological polar surface area (TPSA) is 25.8 Å². The second kappa shape index (κ2) is 15.5. The van der Waals surface area contributed by atoms with Crippen LogP contribution in [0.4, 0.5) is 8.78 Å². The molecule has 6 aromatic rings. The summed E-state index contributed by atoms with van der Waals surface area (Å²) < 4.78 is 28.2. The maximum absolute atomic E-state index is 14.2. The maximum Gasteiger partial charge on any atom is 0.212 e. The molecule has 0 N–H and O–H groups in total. The summed E-state index contributed by atoms with van der Waals surface area (Å²) in [6.07, 6.45) is 9.52. The summed E-state index contributed by atoms with van der Waals surface area (Å²) in [5.41, 5.74) is 10.7. The Balaban J connectivity index is 1.42. The summed E-state index contributed by atoms with van der Waals surface area (Å²) in [5.74, 6) is -1.14.